The van der Waals surface area contributed by atoms with Gasteiger partial charge in [0.1, 0.15) is 17.3 Å². The first-order valence-corrected chi connectivity index (χ1v) is 15.0. The molecule has 3 aromatic carbocycles. The Morgan fingerprint density at radius 2 is 1.80 bits per heavy atom. The second-order valence-electron chi connectivity index (χ2n) is 10.2. The molecule has 0 unspecified atom stereocenters. The molecule has 0 spiro atoms. The molecule has 1 atom stereocenters. The molecule has 0 fully saturated rings. The molecule has 10 heteroatoms. The number of thiazole rings is 1. The van der Waals surface area contributed by atoms with Crippen molar-refractivity contribution in [1.29, 1.82) is 0 Å². The van der Waals surface area contributed by atoms with Gasteiger partial charge in [0.2, 0.25) is 0 Å². The number of carbonyl (C=O) groups excluding carboxylic acids is 1. The van der Waals surface area contributed by atoms with Crippen molar-refractivity contribution < 1.29 is 28.6 Å². The van der Waals surface area contributed by atoms with E-state index in [0.717, 1.165) is 16.9 Å². The number of rotatable bonds is 8. The van der Waals surface area contributed by atoms with Gasteiger partial charge in [-0.3, -0.25) is 9.36 Å². The van der Waals surface area contributed by atoms with E-state index in [4.69, 9.17) is 18.9 Å². The predicted molar refractivity (Wildman–Crippen MR) is 170 cm³/mol. The fraction of sp³-hybridized carbons (Fsp3) is 0.143. The molecule has 1 N–H and O–H groups in total. The van der Waals surface area contributed by atoms with Gasteiger partial charge in [0.15, 0.2) is 4.80 Å². The van der Waals surface area contributed by atoms with E-state index < -0.39 is 18.0 Å². The van der Waals surface area contributed by atoms with Gasteiger partial charge < -0.3 is 19.0 Å². The summed E-state index contributed by atoms with van der Waals surface area (Å²) in [6.45, 7) is 3.79. The first-order valence-electron chi connectivity index (χ1n) is 14.2. The average molecular weight is 621 g/mol. The van der Waals surface area contributed by atoms with Crippen LogP contribution in [-0.4, -0.2) is 35.3 Å². The topological polar surface area (TPSA) is 120 Å². The molecular formula is C35H28N2O7S. The standard InChI is InChI=1S/C35H28N2O7S/c1-4-43-34(41)29-30(21-10-6-5-7-11-21)36-35-37(31(29)22-15-14-20(2)27(18-22)42-3)32(38)28(45-35)19-23-16-17-26(44-23)24-12-8-9-13-25(24)33(39)40/h5-19,31H,4H2,1-3H3,(H,39,40)/b28-19+/t31-/m0/s1. The Balaban J connectivity index is 1.58. The van der Waals surface area contributed by atoms with Crippen LogP contribution in [-0.2, 0) is 9.53 Å². The Kier molecular flexibility index (Phi) is 8.06. The number of hydrogen-bond donors (Lipinski definition) is 1. The lowest BCUT2D eigenvalue weighted by atomic mass is 9.92. The molecule has 0 aliphatic carbocycles. The van der Waals surface area contributed by atoms with Crippen LogP contribution in [0, 0.1) is 6.92 Å². The summed E-state index contributed by atoms with van der Waals surface area (Å²) in [5.41, 5.74) is 3.06. The van der Waals surface area contributed by atoms with Crippen LogP contribution in [0.25, 0.3) is 23.1 Å². The lowest BCUT2D eigenvalue weighted by molar-refractivity contribution is -0.138. The van der Waals surface area contributed by atoms with Gasteiger partial charge >= 0.3 is 11.9 Å². The highest BCUT2D eigenvalue weighted by atomic mass is 32.1. The van der Waals surface area contributed by atoms with Crippen LogP contribution in [0.2, 0.25) is 0 Å². The number of hydrogen-bond acceptors (Lipinski definition) is 8. The molecule has 1 aliphatic rings. The third kappa shape index (κ3) is 5.51. The maximum absolute atomic E-state index is 14.2. The van der Waals surface area contributed by atoms with E-state index in [1.807, 2.05) is 55.5 Å². The summed E-state index contributed by atoms with van der Waals surface area (Å²) in [4.78, 5) is 44.8. The van der Waals surface area contributed by atoms with Crippen LogP contribution in [0.15, 0.2) is 105 Å². The van der Waals surface area contributed by atoms with Crippen LogP contribution in [0.5, 0.6) is 5.75 Å². The Bertz CT molecular complexity index is 2160. The fourth-order valence-corrected chi connectivity index (χ4v) is 6.33. The zero-order valence-corrected chi connectivity index (χ0v) is 25.5. The molecule has 2 aromatic heterocycles. The van der Waals surface area contributed by atoms with Crippen molar-refractivity contribution in [3.05, 3.63) is 138 Å². The number of aryl methyl sites for hydroxylation is 1. The summed E-state index contributed by atoms with van der Waals surface area (Å²) in [6.07, 6.45) is 1.60. The fourth-order valence-electron chi connectivity index (χ4n) is 5.35. The van der Waals surface area contributed by atoms with Crippen molar-refractivity contribution in [2.75, 3.05) is 13.7 Å². The average Bonchev–Trinajstić information content (AvgIpc) is 3.65. The molecular weight excluding hydrogens is 592 g/mol. The highest BCUT2D eigenvalue weighted by molar-refractivity contribution is 7.07. The largest absolute Gasteiger partial charge is 0.496 e. The Morgan fingerprint density at radius 3 is 2.53 bits per heavy atom. The summed E-state index contributed by atoms with van der Waals surface area (Å²) >= 11 is 1.16. The molecule has 0 saturated carbocycles. The smallest absolute Gasteiger partial charge is 0.338 e. The number of esters is 1. The molecule has 5 aromatic rings. The molecule has 45 heavy (non-hydrogen) atoms. The second-order valence-corrected chi connectivity index (χ2v) is 11.2. The van der Waals surface area contributed by atoms with Gasteiger partial charge in [-0.1, -0.05) is 72.0 Å². The molecule has 3 heterocycles. The van der Waals surface area contributed by atoms with Crippen LogP contribution < -0.4 is 19.6 Å². The van der Waals surface area contributed by atoms with E-state index in [9.17, 15) is 19.5 Å². The summed E-state index contributed by atoms with van der Waals surface area (Å²) in [7, 11) is 1.57. The predicted octanol–water partition coefficient (Wildman–Crippen LogP) is 5.21. The number of aromatic nitrogens is 1. The quantitative estimate of drug-likeness (QED) is 0.237. The van der Waals surface area contributed by atoms with Gasteiger partial charge in [-0.05, 0) is 49.2 Å². The Hall–Kier alpha value is -5.48. The zero-order chi connectivity index (χ0) is 31.7. The molecule has 0 radical (unpaired) electrons. The molecule has 226 valence electrons. The van der Waals surface area contributed by atoms with Crippen LogP contribution >= 0.6 is 11.3 Å². The first-order chi connectivity index (χ1) is 21.8. The van der Waals surface area contributed by atoms with E-state index in [1.165, 1.54) is 10.6 Å². The maximum atomic E-state index is 14.2. The minimum absolute atomic E-state index is 0.103. The molecule has 9 nitrogen and oxygen atoms in total. The number of carboxylic acid groups (broad SMARTS) is 1. The lowest BCUT2D eigenvalue weighted by Crippen LogP contribution is -2.40. The lowest BCUT2D eigenvalue weighted by Gasteiger charge is -2.26. The van der Waals surface area contributed by atoms with Gasteiger partial charge in [-0.15, -0.1) is 0 Å². The Morgan fingerprint density at radius 1 is 1.04 bits per heavy atom. The molecule has 0 bridgehead atoms. The zero-order valence-electron chi connectivity index (χ0n) is 24.6. The number of aromatic carboxylic acids is 1. The van der Waals surface area contributed by atoms with Crippen molar-refractivity contribution in [2.45, 2.75) is 19.9 Å². The van der Waals surface area contributed by atoms with E-state index >= 15 is 0 Å². The maximum Gasteiger partial charge on any atom is 0.338 e. The van der Waals surface area contributed by atoms with E-state index in [0.29, 0.717) is 49.0 Å². The van der Waals surface area contributed by atoms with Crippen LogP contribution in [0.1, 0.15) is 45.8 Å². The van der Waals surface area contributed by atoms with Crippen molar-refractivity contribution in [1.82, 2.24) is 4.57 Å². The van der Waals surface area contributed by atoms with Gasteiger partial charge in [0.25, 0.3) is 5.56 Å². The van der Waals surface area contributed by atoms with E-state index in [2.05, 4.69) is 0 Å². The highest BCUT2D eigenvalue weighted by Crippen LogP contribution is 2.37. The summed E-state index contributed by atoms with van der Waals surface area (Å²) in [5, 5.41) is 9.62. The highest BCUT2D eigenvalue weighted by Gasteiger charge is 2.35. The third-order valence-electron chi connectivity index (χ3n) is 7.44. The number of ether oxygens (including phenoxy) is 2. The number of carbonyl (C=O) groups is 2. The number of fused-ring (bicyclic) bond motifs is 1. The number of nitrogens with zero attached hydrogens (tertiary/aromatic N) is 2. The normalized spacial score (nSPS) is 14.6. The van der Waals surface area contributed by atoms with E-state index in [-0.39, 0.29) is 23.3 Å². The minimum Gasteiger partial charge on any atom is -0.496 e. The molecule has 6 rings (SSSR count). The van der Waals surface area contributed by atoms with Gasteiger partial charge in [-0.2, -0.15) is 0 Å². The molecule has 0 amide bonds. The van der Waals surface area contributed by atoms with Crippen molar-refractivity contribution in [3.8, 4) is 17.1 Å². The number of methoxy groups -OCH3 is 1. The number of benzene rings is 3. The number of carboxylic acids is 1. The first kappa shape index (κ1) is 29.6. The van der Waals surface area contributed by atoms with Gasteiger partial charge in [-0.25, -0.2) is 14.6 Å². The van der Waals surface area contributed by atoms with Crippen molar-refractivity contribution in [2.24, 2.45) is 4.99 Å². The molecule has 1 aliphatic heterocycles. The summed E-state index contributed by atoms with van der Waals surface area (Å²) < 4.78 is 18.9. The van der Waals surface area contributed by atoms with Gasteiger partial charge in [0.05, 0.1) is 41.1 Å². The summed E-state index contributed by atoms with van der Waals surface area (Å²) in [5.74, 6) is -0.326. The minimum atomic E-state index is -1.07. The SMILES string of the molecule is CCOC(=O)C1=C(c2ccccc2)N=c2s/c(=C/c3ccc(-c4ccccc4C(=O)O)o3)c(=O)n2[C@H]1c1ccc(C)c(OC)c1. The van der Waals surface area contributed by atoms with Crippen molar-refractivity contribution in [3.63, 3.8) is 0 Å². The molecule has 0 saturated heterocycles. The monoisotopic (exact) mass is 620 g/mol. The number of furan rings is 1. The second kappa shape index (κ2) is 12.3. The Labute approximate surface area is 261 Å². The third-order valence-corrected chi connectivity index (χ3v) is 8.43. The van der Waals surface area contributed by atoms with Crippen LogP contribution in [0.3, 0.4) is 0 Å². The van der Waals surface area contributed by atoms with Crippen molar-refractivity contribution >= 4 is 35.0 Å². The van der Waals surface area contributed by atoms with E-state index in [1.54, 1.807) is 50.4 Å². The van der Waals surface area contributed by atoms with Gasteiger partial charge in [0, 0.05) is 17.2 Å². The van der Waals surface area contributed by atoms with Crippen LogP contribution in [0.4, 0.5) is 0 Å². The summed E-state index contributed by atoms with van der Waals surface area (Å²) in [6, 6.07) is 23.9.